The van der Waals surface area contributed by atoms with Gasteiger partial charge in [-0.1, -0.05) is 0 Å². The second-order valence-corrected chi connectivity index (χ2v) is 5.41. The predicted octanol–water partition coefficient (Wildman–Crippen LogP) is 1.57. The summed E-state index contributed by atoms with van der Waals surface area (Å²) >= 11 is 6.31. The van der Waals surface area contributed by atoms with Crippen LogP contribution in [-0.2, 0) is 14.3 Å². The maximum Gasteiger partial charge on any atom is 0.332 e. The maximum atomic E-state index is 11.9. The highest BCUT2D eigenvalue weighted by molar-refractivity contribution is 9.11. The molecular formula is C10H9Br2N3O4. The molecule has 2 heterocycles. The van der Waals surface area contributed by atoms with E-state index in [1.54, 1.807) is 0 Å². The van der Waals surface area contributed by atoms with Crippen molar-refractivity contribution in [2.75, 3.05) is 5.32 Å². The molecule has 0 bridgehead atoms. The standard InChI is InChI=1S/C10H9Br2N3O4/c11-6-3-13-8(7(12)14-6)15-9(16)4-1-2-5(19-4)10(17)18/h3-5H,1-2H2,(H,17,18)(H,13,15,16)/t4-,5+/m0/s1. The van der Waals surface area contributed by atoms with Crippen molar-refractivity contribution in [1.82, 2.24) is 9.97 Å². The smallest absolute Gasteiger partial charge is 0.332 e. The Labute approximate surface area is 125 Å². The summed E-state index contributed by atoms with van der Waals surface area (Å²) in [6.07, 6.45) is 0.426. The molecule has 9 heteroatoms. The van der Waals surface area contributed by atoms with Crippen LogP contribution in [0.5, 0.6) is 0 Å². The van der Waals surface area contributed by atoms with Gasteiger partial charge in [0.2, 0.25) is 0 Å². The van der Waals surface area contributed by atoms with Gasteiger partial charge in [0.25, 0.3) is 5.91 Å². The minimum absolute atomic E-state index is 0.260. The molecule has 0 radical (unpaired) electrons. The van der Waals surface area contributed by atoms with Crippen molar-refractivity contribution in [2.24, 2.45) is 0 Å². The van der Waals surface area contributed by atoms with Crippen molar-refractivity contribution in [3.05, 3.63) is 15.4 Å². The molecule has 0 unspecified atom stereocenters. The lowest BCUT2D eigenvalue weighted by Crippen LogP contribution is -2.30. The van der Waals surface area contributed by atoms with E-state index in [1.165, 1.54) is 6.20 Å². The van der Waals surface area contributed by atoms with Crippen LogP contribution in [0.15, 0.2) is 15.4 Å². The number of ether oxygens (including phenoxy) is 1. The van der Waals surface area contributed by atoms with Gasteiger partial charge >= 0.3 is 5.97 Å². The first-order valence-corrected chi connectivity index (χ1v) is 6.93. The number of carboxylic acids is 1. The maximum absolute atomic E-state index is 11.9. The Hall–Kier alpha value is -1.06. The average molecular weight is 395 g/mol. The summed E-state index contributed by atoms with van der Waals surface area (Å²) < 4.78 is 6.04. The summed E-state index contributed by atoms with van der Waals surface area (Å²) in [5.41, 5.74) is 0. The monoisotopic (exact) mass is 393 g/mol. The third-order valence-electron chi connectivity index (χ3n) is 2.53. The van der Waals surface area contributed by atoms with Crippen LogP contribution >= 0.6 is 31.9 Å². The van der Waals surface area contributed by atoms with Crippen LogP contribution in [-0.4, -0.2) is 39.2 Å². The second kappa shape index (κ2) is 5.93. The number of amides is 1. The molecule has 1 aliphatic rings. The molecule has 1 aromatic heterocycles. The van der Waals surface area contributed by atoms with E-state index in [-0.39, 0.29) is 5.82 Å². The summed E-state index contributed by atoms with van der Waals surface area (Å²) in [7, 11) is 0. The van der Waals surface area contributed by atoms with E-state index in [0.717, 1.165) is 0 Å². The molecule has 0 saturated carbocycles. The summed E-state index contributed by atoms with van der Waals surface area (Å²) in [6, 6.07) is 0. The third kappa shape index (κ3) is 3.48. The first-order valence-electron chi connectivity index (χ1n) is 5.34. The Kier molecular flexibility index (Phi) is 4.48. The molecule has 102 valence electrons. The van der Waals surface area contributed by atoms with Gasteiger partial charge in [-0.05, 0) is 44.7 Å². The molecule has 2 N–H and O–H groups in total. The minimum Gasteiger partial charge on any atom is -0.479 e. The van der Waals surface area contributed by atoms with Gasteiger partial charge in [-0.15, -0.1) is 0 Å². The van der Waals surface area contributed by atoms with Gasteiger partial charge in [0.05, 0.1) is 6.20 Å². The molecule has 0 aliphatic carbocycles. The zero-order valence-corrected chi connectivity index (χ0v) is 12.6. The number of carbonyl (C=O) groups excluding carboxylic acids is 1. The van der Waals surface area contributed by atoms with Crippen molar-refractivity contribution in [3.63, 3.8) is 0 Å². The Morgan fingerprint density at radius 3 is 2.63 bits per heavy atom. The van der Waals surface area contributed by atoms with Crippen LogP contribution in [0, 0.1) is 0 Å². The number of hydrogen-bond acceptors (Lipinski definition) is 5. The highest BCUT2D eigenvalue weighted by Crippen LogP contribution is 2.23. The van der Waals surface area contributed by atoms with Crippen LogP contribution in [0.1, 0.15) is 12.8 Å². The summed E-state index contributed by atoms with van der Waals surface area (Å²) in [6.45, 7) is 0. The van der Waals surface area contributed by atoms with Crippen molar-refractivity contribution in [3.8, 4) is 0 Å². The third-order valence-corrected chi connectivity index (χ3v) is 3.46. The lowest BCUT2D eigenvalue weighted by atomic mass is 10.2. The number of halogens is 2. The molecule has 7 nitrogen and oxygen atoms in total. The van der Waals surface area contributed by atoms with Gasteiger partial charge in [0.15, 0.2) is 11.9 Å². The van der Waals surface area contributed by atoms with Gasteiger partial charge in [0.1, 0.15) is 15.3 Å². The zero-order chi connectivity index (χ0) is 14.0. The largest absolute Gasteiger partial charge is 0.479 e. The van der Waals surface area contributed by atoms with Crippen LogP contribution in [0.25, 0.3) is 0 Å². The number of nitrogens with zero attached hydrogens (tertiary/aromatic N) is 2. The number of aliphatic carboxylic acids is 1. The topological polar surface area (TPSA) is 101 Å². The van der Waals surface area contributed by atoms with Gasteiger partial charge < -0.3 is 15.2 Å². The zero-order valence-electron chi connectivity index (χ0n) is 9.47. The molecule has 1 amide bonds. The first-order chi connectivity index (χ1) is 8.97. The Morgan fingerprint density at radius 1 is 1.37 bits per heavy atom. The quantitative estimate of drug-likeness (QED) is 0.806. The fraction of sp³-hybridized carbons (Fsp3) is 0.400. The lowest BCUT2D eigenvalue weighted by Gasteiger charge is -2.11. The molecular weight excluding hydrogens is 386 g/mol. The van der Waals surface area contributed by atoms with Crippen molar-refractivity contribution in [2.45, 2.75) is 25.0 Å². The Bertz CT molecular complexity index is 525. The van der Waals surface area contributed by atoms with Crippen LogP contribution in [0.4, 0.5) is 5.82 Å². The van der Waals surface area contributed by atoms with E-state index < -0.39 is 24.1 Å². The van der Waals surface area contributed by atoms with E-state index in [0.29, 0.717) is 22.0 Å². The number of aromatic nitrogens is 2. The van der Waals surface area contributed by atoms with E-state index in [2.05, 4.69) is 47.1 Å². The number of carboxylic acid groups (broad SMARTS) is 1. The van der Waals surface area contributed by atoms with Crippen molar-refractivity contribution in [1.29, 1.82) is 0 Å². The number of nitrogens with one attached hydrogen (secondary N) is 1. The number of hydrogen-bond donors (Lipinski definition) is 2. The molecule has 1 saturated heterocycles. The number of rotatable bonds is 3. The molecule has 1 aromatic rings. The molecule has 1 aliphatic heterocycles. The molecule has 2 atom stereocenters. The van der Waals surface area contributed by atoms with Gasteiger partial charge in [-0.25, -0.2) is 14.8 Å². The highest BCUT2D eigenvalue weighted by atomic mass is 79.9. The predicted molar refractivity (Wildman–Crippen MR) is 71.6 cm³/mol. The number of anilines is 1. The van der Waals surface area contributed by atoms with E-state index in [1.807, 2.05) is 0 Å². The molecule has 0 aromatic carbocycles. The summed E-state index contributed by atoms with van der Waals surface area (Å²) in [4.78, 5) is 30.6. The summed E-state index contributed by atoms with van der Waals surface area (Å²) in [5.74, 6) is -1.23. The normalized spacial score (nSPS) is 22.2. The Morgan fingerprint density at radius 2 is 2.05 bits per heavy atom. The second-order valence-electron chi connectivity index (χ2n) is 3.85. The van der Waals surface area contributed by atoms with Gasteiger partial charge in [-0.2, -0.15) is 0 Å². The van der Waals surface area contributed by atoms with Crippen molar-refractivity contribution < 1.29 is 19.4 Å². The SMILES string of the molecule is O=C(Nc1ncc(Br)nc1Br)[C@@H]1CC[C@H](C(=O)O)O1. The fourth-order valence-corrected chi connectivity index (χ4v) is 2.55. The molecule has 2 rings (SSSR count). The fourth-order valence-electron chi connectivity index (χ4n) is 1.64. The minimum atomic E-state index is -1.06. The summed E-state index contributed by atoms with van der Waals surface area (Å²) in [5, 5.41) is 11.3. The van der Waals surface area contributed by atoms with Crippen LogP contribution < -0.4 is 5.32 Å². The average Bonchev–Trinajstić information content (AvgIpc) is 2.82. The molecule has 0 spiro atoms. The van der Waals surface area contributed by atoms with E-state index in [9.17, 15) is 9.59 Å². The number of carbonyl (C=O) groups is 2. The van der Waals surface area contributed by atoms with Crippen LogP contribution in [0.2, 0.25) is 0 Å². The van der Waals surface area contributed by atoms with E-state index in [4.69, 9.17) is 9.84 Å². The van der Waals surface area contributed by atoms with Crippen LogP contribution in [0.3, 0.4) is 0 Å². The molecule has 19 heavy (non-hydrogen) atoms. The molecule has 1 fully saturated rings. The highest BCUT2D eigenvalue weighted by Gasteiger charge is 2.35. The van der Waals surface area contributed by atoms with Gasteiger partial charge in [0, 0.05) is 0 Å². The first kappa shape index (κ1) is 14.4. The van der Waals surface area contributed by atoms with E-state index >= 15 is 0 Å². The van der Waals surface area contributed by atoms with Gasteiger partial charge in [-0.3, -0.25) is 4.79 Å². The van der Waals surface area contributed by atoms with Crippen molar-refractivity contribution >= 4 is 49.6 Å². The lowest BCUT2D eigenvalue weighted by molar-refractivity contribution is -0.150. The Balaban J connectivity index is 2.00.